The van der Waals surface area contributed by atoms with Crippen molar-refractivity contribution in [3.8, 4) is 0 Å². The third-order valence-electron chi connectivity index (χ3n) is 3.96. The highest BCUT2D eigenvalue weighted by atomic mass is 16.2. The molecule has 1 aliphatic rings. The summed E-state index contributed by atoms with van der Waals surface area (Å²) < 4.78 is 0. The maximum atomic E-state index is 12.2. The van der Waals surface area contributed by atoms with Crippen LogP contribution in [0.2, 0.25) is 0 Å². The topological polar surface area (TPSA) is 61.4 Å². The van der Waals surface area contributed by atoms with Crippen LogP contribution in [-0.2, 0) is 13.1 Å². The van der Waals surface area contributed by atoms with Crippen molar-refractivity contribution in [1.29, 1.82) is 0 Å². The molecule has 6 heteroatoms. The quantitative estimate of drug-likeness (QED) is 0.929. The molecule has 1 saturated heterocycles. The lowest BCUT2D eigenvalue weighted by Gasteiger charge is -2.34. The largest absolute Gasteiger partial charge is 0.334 e. The molecule has 2 aromatic rings. The number of rotatable bonds is 4. The SMILES string of the molecule is O=C(NCc1ccncc1)N1CCN(Cc2ccccn2)CC1. The van der Waals surface area contributed by atoms with Gasteiger partial charge in [-0.25, -0.2) is 4.79 Å². The molecule has 23 heavy (non-hydrogen) atoms. The van der Waals surface area contributed by atoms with Crippen LogP contribution in [0.3, 0.4) is 0 Å². The van der Waals surface area contributed by atoms with Gasteiger partial charge in [-0.1, -0.05) is 6.07 Å². The first-order valence-corrected chi connectivity index (χ1v) is 7.85. The molecule has 3 heterocycles. The fourth-order valence-corrected chi connectivity index (χ4v) is 2.62. The van der Waals surface area contributed by atoms with E-state index >= 15 is 0 Å². The first-order valence-electron chi connectivity index (χ1n) is 7.85. The first-order chi connectivity index (χ1) is 11.3. The number of nitrogens with one attached hydrogen (secondary N) is 1. The van der Waals surface area contributed by atoms with E-state index in [0.29, 0.717) is 6.54 Å². The van der Waals surface area contributed by atoms with Crippen molar-refractivity contribution in [1.82, 2.24) is 25.1 Å². The summed E-state index contributed by atoms with van der Waals surface area (Å²) in [6.07, 6.45) is 5.29. The summed E-state index contributed by atoms with van der Waals surface area (Å²) in [7, 11) is 0. The number of carbonyl (C=O) groups is 1. The molecule has 1 fully saturated rings. The van der Waals surface area contributed by atoms with Crippen molar-refractivity contribution in [2.75, 3.05) is 26.2 Å². The number of carbonyl (C=O) groups excluding carboxylic acids is 1. The van der Waals surface area contributed by atoms with Gasteiger partial charge in [-0.2, -0.15) is 0 Å². The molecule has 0 atom stereocenters. The number of hydrogen-bond donors (Lipinski definition) is 1. The smallest absolute Gasteiger partial charge is 0.317 e. The van der Waals surface area contributed by atoms with Crippen molar-refractivity contribution in [3.63, 3.8) is 0 Å². The molecule has 0 bridgehead atoms. The molecule has 0 spiro atoms. The van der Waals surface area contributed by atoms with Crippen LogP contribution in [-0.4, -0.2) is 52.0 Å². The fraction of sp³-hybridized carbons (Fsp3) is 0.353. The number of aromatic nitrogens is 2. The van der Waals surface area contributed by atoms with Gasteiger partial charge >= 0.3 is 6.03 Å². The predicted octanol–water partition coefficient (Wildman–Crippen LogP) is 1.50. The highest BCUT2D eigenvalue weighted by Gasteiger charge is 2.20. The van der Waals surface area contributed by atoms with Gasteiger partial charge in [0.05, 0.1) is 5.69 Å². The summed E-state index contributed by atoms with van der Waals surface area (Å²) >= 11 is 0. The lowest BCUT2D eigenvalue weighted by atomic mass is 10.2. The number of piperazine rings is 1. The zero-order chi connectivity index (χ0) is 15.9. The number of hydrogen-bond acceptors (Lipinski definition) is 4. The average Bonchev–Trinajstić information content (AvgIpc) is 2.62. The summed E-state index contributed by atoms with van der Waals surface area (Å²) in [6, 6.07) is 9.78. The molecule has 0 aromatic carbocycles. The van der Waals surface area contributed by atoms with Gasteiger partial charge in [0.25, 0.3) is 0 Å². The van der Waals surface area contributed by atoms with Crippen LogP contribution in [0.4, 0.5) is 4.79 Å². The molecule has 0 saturated carbocycles. The summed E-state index contributed by atoms with van der Waals surface area (Å²) in [5.41, 5.74) is 2.13. The second kappa shape index (κ2) is 7.69. The Balaban J connectivity index is 1.42. The number of pyridine rings is 2. The van der Waals surface area contributed by atoms with Crippen LogP contribution in [0.15, 0.2) is 48.9 Å². The Hall–Kier alpha value is -2.47. The molecule has 120 valence electrons. The highest BCUT2D eigenvalue weighted by molar-refractivity contribution is 5.74. The van der Waals surface area contributed by atoms with Crippen LogP contribution in [0.1, 0.15) is 11.3 Å². The van der Waals surface area contributed by atoms with Crippen LogP contribution in [0.25, 0.3) is 0 Å². The average molecular weight is 311 g/mol. The van der Waals surface area contributed by atoms with E-state index in [2.05, 4.69) is 20.2 Å². The van der Waals surface area contributed by atoms with Crippen molar-refractivity contribution in [2.24, 2.45) is 0 Å². The number of urea groups is 1. The Labute approximate surface area is 136 Å². The van der Waals surface area contributed by atoms with Gasteiger partial charge in [0, 0.05) is 57.9 Å². The minimum atomic E-state index is -0.000650. The van der Waals surface area contributed by atoms with Crippen molar-refractivity contribution >= 4 is 6.03 Å². The molecule has 1 N–H and O–H groups in total. The molecule has 3 rings (SSSR count). The van der Waals surface area contributed by atoms with Crippen molar-refractivity contribution < 1.29 is 4.79 Å². The molecule has 0 aliphatic carbocycles. The van der Waals surface area contributed by atoms with Crippen molar-refractivity contribution in [3.05, 3.63) is 60.2 Å². The zero-order valence-corrected chi connectivity index (χ0v) is 13.1. The van der Waals surface area contributed by atoms with E-state index in [0.717, 1.165) is 44.0 Å². The number of amides is 2. The third-order valence-corrected chi connectivity index (χ3v) is 3.96. The lowest BCUT2D eigenvalue weighted by Crippen LogP contribution is -2.51. The van der Waals surface area contributed by atoms with E-state index in [-0.39, 0.29) is 6.03 Å². The molecular weight excluding hydrogens is 290 g/mol. The monoisotopic (exact) mass is 311 g/mol. The molecule has 2 aromatic heterocycles. The minimum absolute atomic E-state index is 0.000650. The van der Waals surface area contributed by atoms with Crippen LogP contribution in [0.5, 0.6) is 0 Å². The normalized spacial score (nSPS) is 15.4. The van der Waals surface area contributed by atoms with E-state index in [9.17, 15) is 4.79 Å². The maximum Gasteiger partial charge on any atom is 0.317 e. The summed E-state index contributed by atoms with van der Waals surface area (Å²) in [6.45, 7) is 4.62. The van der Waals surface area contributed by atoms with Crippen molar-refractivity contribution in [2.45, 2.75) is 13.1 Å². The number of nitrogens with zero attached hydrogens (tertiary/aromatic N) is 4. The van der Waals surface area contributed by atoms with Crippen LogP contribution >= 0.6 is 0 Å². The third kappa shape index (κ3) is 4.50. The summed E-state index contributed by atoms with van der Waals surface area (Å²) in [5, 5.41) is 2.96. The second-order valence-corrected chi connectivity index (χ2v) is 5.60. The molecule has 2 amide bonds. The van der Waals surface area contributed by atoms with Gasteiger partial charge in [-0.3, -0.25) is 14.9 Å². The van der Waals surface area contributed by atoms with Gasteiger partial charge < -0.3 is 10.2 Å². The van der Waals surface area contributed by atoms with E-state index in [4.69, 9.17) is 0 Å². The molecule has 0 radical (unpaired) electrons. The second-order valence-electron chi connectivity index (χ2n) is 5.60. The van der Waals surface area contributed by atoms with Crippen LogP contribution < -0.4 is 5.32 Å². The minimum Gasteiger partial charge on any atom is -0.334 e. The van der Waals surface area contributed by atoms with Gasteiger partial charge in [-0.15, -0.1) is 0 Å². The van der Waals surface area contributed by atoms with Gasteiger partial charge in [0.2, 0.25) is 0 Å². The van der Waals surface area contributed by atoms with Gasteiger partial charge in [0.15, 0.2) is 0 Å². The summed E-state index contributed by atoms with van der Waals surface area (Å²) in [4.78, 5) is 24.7. The van der Waals surface area contributed by atoms with Crippen LogP contribution in [0, 0.1) is 0 Å². The van der Waals surface area contributed by atoms with E-state index in [1.807, 2.05) is 41.4 Å². The van der Waals surface area contributed by atoms with E-state index in [1.54, 1.807) is 12.4 Å². The van der Waals surface area contributed by atoms with E-state index < -0.39 is 0 Å². The maximum absolute atomic E-state index is 12.2. The summed E-state index contributed by atoms with van der Waals surface area (Å²) in [5.74, 6) is 0. The molecule has 1 aliphatic heterocycles. The molecular formula is C17H21N5O. The van der Waals surface area contributed by atoms with Gasteiger partial charge in [-0.05, 0) is 29.8 Å². The highest BCUT2D eigenvalue weighted by Crippen LogP contribution is 2.07. The first kappa shape index (κ1) is 15.4. The standard InChI is InChI=1S/C17H21N5O/c23-17(20-13-15-4-7-18-8-5-15)22-11-9-21(10-12-22)14-16-3-1-2-6-19-16/h1-8H,9-14H2,(H,20,23). The van der Waals surface area contributed by atoms with E-state index in [1.165, 1.54) is 0 Å². The fourth-order valence-electron chi connectivity index (χ4n) is 2.62. The predicted molar refractivity (Wildman–Crippen MR) is 87.6 cm³/mol. The Morgan fingerprint density at radius 2 is 1.83 bits per heavy atom. The Morgan fingerprint density at radius 1 is 1.04 bits per heavy atom. The molecule has 0 unspecified atom stereocenters. The molecule has 6 nitrogen and oxygen atoms in total. The van der Waals surface area contributed by atoms with Gasteiger partial charge in [0.1, 0.15) is 0 Å². The Morgan fingerprint density at radius 3 is 2.52 bits per heavy atom. The lowest BCUT2D eigenvalue weighted by molar-refractivity contribution is 0.134. The Bertz CT molecular complexity index is 611. The Kier molecular flexibility index (Phi) is 5.16. The zero-order valence-electron chi connectivity index (χ0n) is 13.1.